The molecule has 2 atom stereocenters. The van der Waals surface area contributed by atoms with Crippen LogP contribution in [-0.2, 0) is 27.9 Å². The van der Waals surface area contributed by atoms with Crippen molar-refractivity contribution in [1.82, 2.24) is 0 Å². The molecule has 4 aromatic rings. The van der Waals surface area contributed by atoms with Crippen molar-refractivity contribution in [2.75, 3.05) is 0 Å². The van der Waals surface area contributed by atoms with E-state index >= 15 is 0 Å². The normalized spacial score (nSPS) is 18.6. The van der Waals surface area contributed by atoms with Crippen LogP contribution in [0.25, 0.3) is 34.4 Å². The fourth-order valence-electron chi connectivity index (χ4n) is 8.32. The van der Waals surface area contributed by atoms with Gasteiger partial charge in [-0.3, -0.25) is 0 Å². The summed E-state index contributed by atoms with van der Waals surface area (Å²) < 4.78 is 85.1. The summed E-state index contributed by atoms with van der Waals surface area (Å²) in [7, 11) is 16.9. The van der Waals surface area contributed by atoms with Crippen LogP contribution in [-0.4, -0.2) is 5.92 Å². The van der Waals surface area contributed by atoms with E-state index in [1.807, 2.05) is 24.3 Å². The second-order valence-corrected chi connectivity index (χ2v) is 57.1. The van der Waals surface area contributed by atoms with Gasteiger partial charge in [-0.2, -0.15) is 0 Å². The Morgan fingerprint density at radius 2 is 0.880 bits per heavy atom. The topological polar surface area (TPSA) is 0 Å². The molecule has 0 spiro atoms. The van der Waals surface area contributed by atoms with E-state index in [0.717, 1.165) is 34.4 Å². The average Bonchev–Trinajstić information content (AvgIpc) is 3.65. The Morgan fingerprint density at radius 3 is 1.20 bits per heavy atom. The van der Waals surface area contributed by atoms with E-state index in [0.29, 0.717) is 22.3 Å². The van der Waals surface area contributed by atoms with Crippen molar-refractivity contribution in [3.8, 4) is 22.3 Å². The predicted molar refractivity (Wildman–Crippen MR) is 195 cm³/mol. The molecule has 0 amide bonds. The van der Waals surface area contributed by atoms with Gasteiger partial charge < -0.3 is 0 Å². The quantitative estimate of drug-likeness (QED) is 0.129. The zero-order valence-corrected chi connectivity index (χ0v) is 33.8. The second kappa shape index (κ2) is 12.9. The van der Waals surface area contributed by atoms with Gasteiger partial charge in [0, 0.05) is 0 Å². The zero-order chi connectivity index (χ0) is 36.6. The number of allylic oxidation sites excluding steroid dienone is 2. The molecular formula is C40H39Cl2F6SiZr. The van der Waals surface area contributed by atoms with E-state index in [1.165, 1.54) is 24.3 Å². The Balaban J connectivity index is 1.64. The standard InChI is InChI=1S/2C19H16F3.C2H7Si.2ClH.Zr/c2*1-12(2)14-10-13-6-5-8-15(17(13)11-14)16-7-3-4-9-18(16)19(20,21)22;1-3-2;;;/h2*3-12H,1-2H3;3H,1-2H3;2*1H;/q;;;;;+2/p-2. The first-order chi connectivity index (χ1) is 23.3. The Hall–Kier alpha value is -2.38. The summed E-state index contributed by atoms with van der Waals surface area (Å²) in [5.74, 6) is -2.09. The molecule has 0 radical (unpaired) electrons. The molecule has 0 nitrogen and oxygen atoms in total. The first kappa shape index (κ1) is 37.4. The summed E-state index contributed by atoms with van der Waals surface area (Å²) in [6.07, 6.45) is -5.06. The van der Waals surface area contributed by atoms with Gasteiger partial charge in [0.15, 0.2) is 0 Å². The SMILES string of the molecule is CC(C)C1=Cc2c(-c3ccccc3C(F)(F)F)cccc2[CH]1[Zr]([Cl])([Cl])([CH]1C(C(C)C)=Cc2c(-c3ccccc3C(F)(F)F)cccc21)[SiH](C)C. The summed E-state index contributed by atoms with van der Waals surface area (Å²) in [5.41, 5.74) is 4.83. The molecule has 0 fully saturated rings. The summed E-state index contributed by atoms with van der Waals surface area (Å²) in [6.45, 7) is 12.6. The van der Waals surface area contributed by atoms with Crippen LogP contribution in [0, 0.1) is 11.8 Å². The zero-order valence-electron chi connectivity index (χ0n) is 28.6. The molecule has 0 saturated heterocycles. The molecule has 0 heterocycles. The molecule has 2 aliphatic rings. The van der Waals surface area contributed by atoms with E-state index < -0.39 is 52.2 Å². The fourth-order valence-corrected chi connectivity index (χ4v) is 39.8. The van der Waals surface area contributed by atoms with E-state index in [2.05, 4.69) is 40.8 Å². The number of alkyl halides is 6. The van der Waals surface area contributed by atoms with Gasteiger partial charge in [-0.1, -0.05) is 0 Å². The molecular weight excluding hydrogens is 785 g/mol. The number of halogens is 8. The maximum atomic E-state index is 14.3. The van der Waals surface area contributed by atoms with Gasteiger partial charge in [0.1, 0.15) is 0 Å². The fraction of sp³-hybridized carbons (Fsp3) is 0.300. The van der Waals surface area contributed by atoms with Crippen LogP contribution in [0.1, 0.15) is 68.3 Å². The third-order valence-electron chi connectivity index (χ3n) is 10.8. The molecule has 2 unspecified atom stereocenters. The van der Waals surface area contributed by atoms with Crippen molar-refractivity contribution in [3.63, 3.8) is 0 Å². The average molecular weight is 824 g/mol. The van der Waals surface area contributed by atoms with Crippen molar-refractivity contribution in [3.05, 3.63) is 129 Å². The van der Waals surface area contributed by atoms with Gasteiger partial charge in [0.25, 0.3) is 0 Å². The Labute approximate surface area is 299 Å². The van der Waals surface area contributed by atoms with E-state index in [9.17, 15) is 26.3 Å². The number of rotatable bonds is 7. The van der Waals surface area contributed by atoms with Crippen molar-refractivity contribution >= 4 is 35.1 Å². The molecule has 0 N–H and O–H groups in total. The Kier molecular flexibility index (Phi) is 9.67. The molecule has 263 valence electrons. The monoisotopic (exact) mass is 821 g/mol. The molecule has 0 aliphatic heterocycles. The van der Waals surface area contributed by atoms with Gasteiger partial charge in [0.05, 0.1) is 0 Å². The van der Waals surface area contributed by atoms with Crippen molar-refractivity contribution < 1.29 is 41.9 Å². The third kappa shape index (κ3) is 5.94. The molecule has 0 bridgehead atoms. The van der Waals surface area contributed by atoms with Crippen molar-refractivity contribution in [1.29, 1.82) is 0 Å². The van der Waals surface area contributed by atoms with Gasteiger partial charge in [-0.05, 0) is 0 Å². The van der Waals surface area contributed by atoms with Crippen LogP contribution in [0.4, 0.5) is 26.3 Å². The van der Waals surface area contributed by atoms with Gasteiger partial charge >= 0.3 is 301 Å². The Morgan fingerprint density at radius 1 is 0.540 bits per heavy atom. The van der Waals surface area contributed by atoms with Gasteiger partial charge in [-0.15, -0.1) is 0 Å². The maximum absolute atomic E-state index is 14.3. The Bertz CT molecular complexity index is 1900. The number of hydrogen-bond donors (Lipinski definition) is 0. The van der Waals surface area contributed by atoms with Crippen molar-refractivity contribution in [2.45, 2.75) is 60.4 Å². The van der Waals surface area contributed by atoms with E-state index in [1.54, 1.807) is 36.4 Å². The van der Waals surface area contributed by atoms with Crippen LogP contribution < -0.4 is 0 Å². The summed E-state index contributed by atoms with van der Waals surface area (Å²) in [5, 5.41) is 0. The minimum absolute atomic E-state index is 0.0198. The number of fused-ring (bicyclic) bond motifs is 2. The van der Waals surface area contributed by atoms with Crippen LogP contribution in [0.15, 0.2) is 96.1 Å². The molecule has 2 aliphatic carbocycles. The number of benzene rings is 4. The molecule has 6 rings (SSSR count). The second-order valence-electron chi connectivity index (χ2n) is 14.5. The molecule has 0 aromatic heterocycles. The molecule has 50 heavy (non-hydrogen) atoms. The summed E-state index contributed by atoms with van der Waals surface area (Å²) in [6, 6.07) is 22.2. The van der Waals surface area contributed by atoms with Gasteiger partial charge in [-0.25, -0.2) is 0 Å². The van der Waals surface area contributed by atoms with Crippen LogP contribution in [0.2, 0.25) is 13.1 Å². The van der Waals surface area contributed by atoms with E-state index in [-0.39, 0.29) is 23.0 Å². The van der Waals surface area contributed by atoms with Crippen molar-refractivity contribution in [2.24, 2.45) is 11.8 Å². The van der Waals surface area contributed by atoms with Gasteiger partial charge in [0.2, 0.25) is 0 Å². The summed E-state index contributed by atoms with van der Waals surface area (Å²) in [4.78, 5) is 0. The number of hydrogen-bond acceptors (Lipinski definition) is 0. The first-order valence-electron chi connectivity index (χ1n) is 16.9. The van der Waals surface area contributed by atoms with Crippen LogP contribution >= 0.6 is 17.0 Å². The third-order valence-corrected chi connectivity index (χ3v) is 62.4. The minimum atomic E-state index is -5.40. The first-order valence-corrected chi connectivity index (χ1v) is 33.2. The molecule has 10 heteroatoms. The van der Waals surface area contributed by atoms with E-state index in [4.69, 9.17) is 17.0 Å². The molecule has 0 saturated carbocycles. The van der Waals surface area contributed by atoms with Crippen LogP contribution in [0.3, 0.4) is 0 Å². The predicted octanol–water partition coefficient (Wildman–Crippen LogP) is 13.9. The summed E-state index contributed by atoms with van der Waals surface area (Å²) >= 11 is -5.40. The van der Waals surface area contributed by atoms with Crippen LogP contribution in [0.5, 0.6) is 0 Å². The molecule has 4 aromatic carbocycles.